The number of amides is 1. The number of likely N-dealkylation sites (N-methyl/N-ethyl adjacent to an activating group) is 1. The van der Waals surface area contributed by atoms with Crippen LogP contribution in [0.3, 0.4) is 0 Å². The average Bonchev–Trinajstić information content (AvgIpc) is 2.55. The summed E-state index contributed by atoms with van der Waals surface area (Å²) >= 11 is 0. The highest BCUT2D eigenvalue weighted by atomic mass is 19.1. The molecule has 1 amide bonds. The van der Waals surface area contributed by atoms with Crippen molar-refractivity contribution in [2.24, 2.45) is 0 Å². The first-order chi connectivity index (χ1) is 11.5. The Morgan fingerprint density at radius 3 is 2.42 bits per heavy atom. The number of hydrogen-bond donors (Lipinski definition) is 2. The molecule has 0 radical (unpaired) electrons. The standard InChI is InChI=1S/C18H21FN2O3/c1-21(11-13-4-9-17(24-3)16(19)10-13)12-18(22)20-14-5-7-15(23-2)8-6-14/h4-10H,11-12H2,1-3H3,(H,20,22)/p+1. The Balaban J connectivity index is 1.87. The van der Waals surface area contributed by atoms with Crippen LogP contribution in [-0.4, -0.2) is 33.7 Å². The molecule has 2 aromatic carbocycles. The van der Waals surface area contributed by atoms with Gasteiger partial charge in [-0.1, -0.05) is 0 Å². The zero-order valence-corrected chi connectivity index (χ0v) is 14.1. The van der Waals surface area contributed by atoms with E-state index in [1.54, 1.807) is 43.5 Å². The third-order valence-electron chi connectivity index (χ3n) is 3.56. The third-order valence-corrected chi connectivity index (χ3v) is 3.56. The first-order valence-corrected chi connectivity index (χ1v) is 7.59. The average molecular weight is 333 g/mol. The fourth-order valence-corrected chi connectivity index (χ4v) is 2.38. The molecule has 6 heteroatoms. The van der Waals surface area contributed by atoms with E-state index in [9.17, 15) is 9.18 Å². The lowest BCUT2D eigenvalue weighted by Gasteiger charge is -2.14. The molecule has 0 saturated heterocycles. The Kier molecular flexibility index (Phi) is 6.14. The fourth-order valence-electron chi connectivity index (χ4n) is 2.38. The van der Waals surface area contributed by atoms with Crippen LogP contribution in [0.5, 0.6) is 11.5 Å². The van der Waals surface area contributed by atoms with Gasteiger partial charge in [-0.3, -0.25) is 4.79 Å². The van der Waals surface area contributed by atoms with Crippen molar-refractivity contribution in [1.29, 1.82) is 0 Å². The molecule has 0 spiro atoms. The summed E-state index contributed by atoms with van der Waals surface area (Å²) in [5, 5.41) is 2.83. The molecule has 2 rings (SSSR count). The summed E-state index contributed by atoms with van der Waals surface area (Å²) in [5.74, 6) is 0.447. The zero-order valence-electron chi connectivity index (χ0n) is 14.1. The molecule has 0 saturated carbocycles. The van der Waals surface area contributed by atoms with Crippen molar-refractivity contribution in [3.05, 3.63) is 53.8 Å². The van der Waals surface area contributed by atoms with Crippen molar-refractivity contribution in [2.75, 3.05) is 33.1 Å². The molecule has 2 N–H and O–H groups in total. The van der Waals surface area contributed by atoms with E-state index < -0.39 is 5.82 Å². The number of carbonyl (C=O) groups excluding carboxylic acids is 1. The van der Waals surface area contributed by atoms with Gasteiger partial charge in [0, 0.05) is 11.3 Å². The minimum Gasteiger partial charge on any atom is -0.497 e. The van der Waals surface area contributed by atoms with Crippen molar-refractivity contribution in [3.8, 4) is 11.5 Å². The van der Waals surface area contributed by atoms with Gasteiger partial charge in [0.1, 0.15) is 12.3 Å². The molecule has 1 unspecified atom stereocenters. The van der Waals surface area contributed by atoms with Crippen LogP contribution in [0, 0.1) is 5.82 Å². The van der Waals surface area contributed by atoms with E-state index in [1.807, 2.05) is 7.05 Å². The summed E-state index contributed by atoms with van der Waals surface area (Å²) in [6, 6.07) is 12.0. The fraction of sp³-hybridized carbons (Fsp3) is 0.278. The molecule has 0 aliphatic carbocycles. The number of carbonyl (C=O) groups is 1. The number of hydrogen-bond acceptors (Lipinski definition) is 3. The van der Waals surface area contributed by atoms with Gasteiger partial charge in [0.15, 0.2) is 18.1 Å². The van der Waals surface area contributed by atoms with E-state index >= 15 is 0 Å². The van der Waals surface area contributed by atoms with Gasteiger partial charge in [0.25, 0.3) is 5.91 Å². The Morgan fingerprint density at radius 1 is 1.12 bits per heavy atom. The second-order valence-corrected chi connectivity index (χ2v) is 5.56. The van der Waals surface area contributed by atoms with E-state index in [0.29, 0.717) is 12.2 Å². The van der Waals surface area contributed by atoms with E-state index in [2.05, 4.69) is 5.32 Å². The predicted octanol–water partition coefficient (Wildman–Crippen LogP) is 1.50. The van der Waals surface area contributed by atoms with E-state index in [-0.39, 0.29) is 18.2 Å². The summed E-state index contributed by atoms with van der Waals surface area (Å²) in [7, 11) is 4.91. The van der Waals surface area contributed by atoms with Crippen molar-refractivity contribution < 1.29 is 23.6 Å². The van der Waals surface area contributed by atoms with Crippen LogP contribution in [0.4, 0.5) is 10.1 Å². The second kappa shape index (κ2) is 8.31. The Bertz CT molecular complexity index is 689. The van der Waals surface area contributed by atoms with Crippen molar-refractivity contribution >= 4 is 11.6 Å². The molecule has 0 bridgehead atoms. The lowest BCUT2D eigenvalue weighted by molar-refractivity contribution is -0.885. The summed E-state index contributed by atoms with van der Waals surface area (Å²) in [6.45, 7) is 0.816. The number of anilines is 1. The summed E-state index contributed by atoms with van der Waals surface area (Å²) in [6.07, 6.45) is 0. The molecule has 0 aromatic heterocycles. The quantitative estimate of drug-likeness (QED) is 0.807. The van der Waals surface area contributed by atoms with Crippen LogP contribution in [0.25, 0.3) is 0 Å². The smallest absolute Gasteiger partial charge is 0.279 e. The van der Waals surface area contributed by atoms with Gasteiger partial charge in [-0.05, 0) is 42.5 Å². The molecule has 0 aliphatic heterocycles. The van der Waals surface area contributed by atoms with Gasteiger partial charge in [-0.25, -0.2) is 4.39 Å². The van der Waals surface area contributed by atoms with Gasteiger partial charge in [-0.2, -0.15) is 0 Å². The zero-order chi connectivity index (χ0) is 17.5. The Morgan fingerprint density at radius 2 is 1.83 bits per heavy atom. The lowest BCUT2D eigenvalue weighted by Crippen LogP contribution is -3.08. The molecular weight excluding hydrogens is 311 g/mol. The molecule has 0 heterocycles. The number of rotatable bonds is 7. The lowest BCUT2D eigenvalue weighted by atomic mass is 10.2. The van der Waals surface area contributed by atoms with Crippen molar-refractivity contribution in [1.82, 2.24) is 0 Å². The van der Waals surface area contributed by atoms with E-state index in [4.69, 9.17) is 9.47 Å². The molecule has 128 valence electrons. The van der Waals surface area contributed by atoms with Crippen LogP contribution in [0.15, 0.2) is 42.5 Å². The van der Waals surface area contributed by atoms with Crippen LogP contribution < -0.4 is 19.7 Å². The largest absolute Gasteiger partial charge is 0.497 e. The van der Waals surface area contributed by atoms with Crippen LogP contribution in [-0.2, 0) is 11.3 Å². The second-order valence-electron chi connectivity index (χ2n) is 5.56. The summed E-state index contributed by atoms with van der Waals surface area (Å²) in [4.78, 5) is 13.0. The first-order valence-electron chi connectivity index (χ1n) is 7.59. The van der Waals surface area contributed by atoms with Crippen LogP contribution in [0.1, 0.15) is 5.56 Å². The third kappa shape index (κ3) is 4.96. The number of nitrogens with one attached hydrogen (secondary N) is 2. The molecule has 0 fully saturated rings. The molecule has 24 heavy (non-hydrogen) atoms. The number of ether oxygens (including phenoxy) is 2. The number of methoxy groups -OCH3 is 2. The van der Waals surface area contributed by atoms with E-state index in [0.717, 1.165) is 16.2 Å². The summed E-state index contributed by atoms with van der Waals surface area (Å²) < 4.78 is 23.7. The normalized spacial score (nSPS) is 11.7. The van der Waals surface area contributed by atoms with Crippen molar-refractivity contribution in [2.45, 2.75) is 6.54 Å². The van der Waals surface area contributed by atoms with Gasteiger partial charge < -0.3 is 19.7 Å². The molecule has 5 nitrogen and oxygen atoms in total. The highest BCUT2D eigenvalue weighted by molar-refractivity contribution is 5.91. The minimum absolute atomic E-state index is 0.105. The Hall–Kier alpha value is -2.60. The monoisotopic (exact) mass is 333 g/mol. The molecule has 0 aliphatic rings. The van der Waals surface area contributed by atoms with Gasteiger partial charge in [0.05, 0.1) is 21.3 Å². The maximum Gasteiger partial charge on any atom is 0.279 e. The Labute approximate surface area is 141 Å². The number of benzene rings is 2. The maximum absolute atomic E-state index is 13.7. The highest BCUT2D eigenvalue weighted by Crippen LogP contribution is 2.17. The topological polar surface area (TPSA) is 52.0 Å². The highest BCUT2D eigenvalue weighted by Gasteiger charge is 2.12. The molecule has 1 atom stereocenters. The van der Waals surface area contributed by atoms with Crippen molar-refractivity contribution in [3.63, 3.8) is 0 Å². The maximum atomic E-state index is 13.7. The van der Waals surface area contributed by atoms with Gasteiger partial charge in [-0.15, -0.1) is 0 Å². The van der Waals surface area contributed by atoms with E-state index in [1.165, 1.54) is 13.2 Å². The SMILES string of the molecule is COc1ccc(NC(=O)C[NH+](C)Cc2ccc(OC)c(F)c2)cc1. The molecular formula is C18H22FN2O3+. The number of halogens is 1. The van der Waals surface area contributed by atoms with Crippen LogP contribution in [0.2, 0.25) is 0 Å². The first kappa shape index (κ1) is 17.7. The van der Waals surface area contributed by atoms with Gasteiger partial charge >= 0.3 is 0 Å². The molecule has 2 aromatic rings. The minimum atomic E-state index is -0.398. The van der Waals surface area contributed by atoms with Crippen LogP contribution >= 0.6 is 0 Å². The van der Waals surface area contributed by atoms with Gasteiger partial charge in [0.2, 0.25) is 0 Å². The summed E-state index contributed by atoms with van der Waals surface area (Å²) in [5.41, 5.74) is 1.52. The predicted molar refractivity (Wildman–Crippen MR) is 90.0 cm³/mol. The number of quaternary nitrogens is 1.